The number of carbonyl (C=O) groups is 3. The van der Waals surface area contributed by atoms with Gasteiger partial charge in [-0.15, -0.1) is 0 Å². The molecule has 8 nitrogen and oxygen atoms in total. The van der Waals surface area contributed by atoms with E-state index in [1.165, 1.54) is 0 Å². The smallest absolute Gasteiger partial charge is 0.408 e. The maximum Gasteiger partial charge on any atom is 0.408 e. The monoisotopic (exact) mass is 519 g/mol. The molecule has 1 aromatic rings. The van der Waals surface area contributed by atoms with Crippen LogP contribution in [0.5, 0.6) is 0 Å². The summed E-state index contributed by atoms with van der Waals surface area (Å²) in [6.07, 6.45) is 1.93. The molecule has 4 N–H and O–H groups in total. The van der Waals surface area contributed by atoms with Crippen LogP contribution in [-0.4, -0.2) is 47.7 Å². The summed E-state index contributed by atoms with van der Waals surface area (Å²) in [5.74, 6) is -0.220. The second-order valence-electron chi connectivity index (χ2n) is 10.7. The van der Waals surface area contributed by atoms with Gasteiger partial charge in [0.1, 0.15) is 12.6 Å². The van der Waals surface area contributed by atoms with Gasteiger partial charge < -0.3 is 25.8 Å². The zero-order chi connectivity index (χ0) is 27.8. The summed E-state index contributed by atoms with van der Waals surface area (Å²) >= 11 is 0. The van der Waals surface area contributed by atoms with E-state index >= 15 is 0 Å². The van der Waals surface area contributed by atoms with Crippen LogP contribution in [0.4, 0.5) is 4.79 Å². The highest BCUT2D eigenvalue weighted by atomic mass is 16.5. The van der Waals surface area contributed by atoms with Crippen molar-refractivity contribution in [3.63, 3.8) is 0 Å². The van der Waals surface area contributed by atoms with Gasteiger partial charge in [0.25, 0.3) is 0 Å². The van der Waals surface area contributed by atoms with Gasteiger partial charge in [-0.05, 0) is 43.1 Å². The molecule has 0 bridgehead atoms. The standard InChI is InChI=1S/C29H49N3O5/c1-7-9-15-24(32-29(36)37-19-22-13-11-10-12-14-22)28(35)31-25(16-20(3)4)26(33)17-23(8-2)27(34)30-18-21(5)6/h10-14,20-21,23-26,33H,7-9,15-19H2,1-6H3,(H,30,34)(H,31,35)(H,32,36)/t23?,24-,25-,26-/m0/s1. The highest BCUT2D eigenvalue weighted by Gasteiger charge is 2.30. The molecule has 0 aliphatic rings. The SMILES string of the molecule is CCCC[C@H](NC(=O)OCc1ccccc1)C(=O)N[C@@H](CC(C)C)[C@@H](O)CC(CC)C(=O)NCC(C)C. The van der Waals surface area contributed by atoms with E-state index < -0.39 is 24.3 Å². The summed E-state index contributed by atoms with van der Waals surface area (Å²) in [6, 6.07) is 8.03. The van der Waals surface area contributed by atoms with Gasteiger partial charge in [-0.2, -0.15) is 0 Å². The summed E-state index contributed by atoms with van der Waals surface area (Å²) in [6.45, 7) is 12.7. The molecule has 0 aromatic heterocycles. The number of carbonyl (C=O) groups excluding carboxylic acids is 3. The molecule has 3 amide bonds. The Bertz CT molecular complexity index is 800. The Hall–Kier alpha value is -2.61. The van der Waals surface area contributed by atoms with Crippen LogP contribution in [0, 0.1) is 17.8 Å². The van der Waals surface area contributed by atoms with E-state index in [4.69, 9.17) is 4.74 Å². The first-order valence-electron chi connectivity index (χ1n) is 13.8. The summed E-state index contributed by atoms with van der Waals surface area (Å²) in [4.78, 5) is 38.3. The lowest BCUT2D eigenvalue weighted by molar-refractivity contribution is -0.127. The third-order valence-corrected chi connectivity index (χ3v) is 6.26. The molecule has 0 radical (unpaired) electrons. The van der Waals surface area contributed by atoms with E-state index in [-0.39, 0.29) is 36.7 Å². The fraction of sp³-hybridized carbons (Fsp3) is 0.690. The zero-order valence-corrected chi connectivity index (χ0v) is 23.6. The van der Waals surface area contributed by atoms with E-state index in [0.29, 0.717) is 31.7 Å². The van der Waals surface area contributed by atoms with Crippen molar-refractivity contribution in [2.45, 2.75) is 105 Å². The van der Waals surface area contributed by atoms with Gasteiger partial charge in [0, 0.05) is 12.5 Å². The molecule has 37 heavy (non-hydrogen) atoms. The lowest BCUT2D eigenvalue weighted by Crippen LogP contribution is -2.53. The van der Waals surface area contributed by atoms with E-state index in [1.807, 2.05) is 71.9 Å². The third-order valence-electron chi connectivity index (χ3n) is 6.26. The lowest BCUT2D eigenvalue weighted by Gasteiger charge is -2.30. The lowest BCUT2D eigenvalue weighted by atomic mass is 9.90. The molecule has 1 rings (SSSR count). The predicted molar refractivity (Wildman–Crippen MR) is 147 cm³/mol. The van der Waals surface area contributed by atoms with Crippen LogP contribution < -0.4 is 16.0 Å². The van der Waals surface area contributed by atoms with Crippen LogP contribution in [-0.2, 0) is 20.9 Å². The minimum atomic E-state index is -0.891. The Morgan fingerprint density at radius 3 is 2.16 bits per heavy atom. The van der Waals surface area contributed by atoms with Crippen LogP contribution in [0.3, 0.4) is 0 Å². The molecule has 0 heterocycles. The first-order valence-corrected chi connectivity index (χ1v) is 13.8. The number of unbranched alkanes of at least 4 members (excludes halogenated alkanes) is 1. The molecule has 0 fully saturated rings. The second-order valence-corrected chi connectivity index (χ2v) is 10.7. The molecule has 0 saturated heterocycles. The molecular formula is C29H49N3O5. The second kappa shape index (κ2) is 17.8. The van der Waals surface area contributed by atoms with Crippen molar-refractivity contribution in [2.24, 2.45) is 17.8 Å². The highest BCUT2D eigenvalue weighted by Crippen LogP contribution is 2.18. The van der Waals surface area contributed by atoms with Crippen molar-refractivity contribution in [1.82, 2.24) is 16.0 Å². The molecule has 1 aromatic carbocycles. The average Bonchev–Trinajstić information content (AvgIpc) is 2.86. The molecule has 0 spiro atoms. The number of benzene rings is 1. The highest BCUT2D eigenvalue weighted by molar-refractivity contribution is 5.85. The van der Waals surface area contributed by atoms with Gasteiger partial charge in [-0.3, -0.25) is 9.59 Å². The number of alkyl carbamates (subject to hydrolysis) is 1. The fourth-order valence-corrected chi connectivity index (χ4v) is 4.05. The molecule has 0 saturated carbocycles. The maximum absolute atomic E-state index is 13.3. The van der Waals surface area contributed by atoms with Crippen LogP contribution in [0.2, 0.25) is 0 Å². The Kier molecular flexibility index (Phi) is 15.6. The molecule has 210 valence electrons. The van der Waals surface area contributed by atoms with Crippen molar-refractivity contribution in [3.05, 3.63) is 35.9 Å². The van der Waals surface area contributed by atoms with Crippen molar-refractivity contribution >= 4 is 17.9 Å². The Morgan fingerprint density at radius 2 is 1.59 bits per heavy atom. The number of ether oxygens (including phenoxy) is 1. The van der Waals surface area contributed by atoms with Crippen molar-refractivity contribution in [3.8, 4) is 0 Å². The van der Waals surface area contributed by atoms with Crippen LogP contribution in [0.15, 0.2) is 30.3 Å². The number of amides is 3. The van der Waals surface area contributed by atoms with Crippen LogP contribution in [0.25, 0.3) is 0 Å². The number of nitrogens with one attached hydrogen (secondary N) is 3. The maximum atomic E-state index is 13.3. The van der Waals surface area contributed by atoms with Gasteiger partial charge in [-0.25, -0.2) is 4.79 Å². The Balaban J connectivity index is 2.84. The van der Waals surface area contributed by atoms with Gasteiger partial charge in [0.2, 0.25) is 11.8 Å². The number of aliphatic hydroxyl groups is 1. The summed E-state index contributed by atoms with van der Waals surface area (Å²) in [7, 11) is 0. The van der Waals surface area contributed by atoms with Crippen LogP contribution in [0.1, 0.15) is 85.6 Å². The average molecular weight is 520 g/mol. The normalized spacial score (nSPS) is 14.5. The molecular weight excluding hydrogens is 470 g/mol. The van der Waals surface area contributed by atoms with E-state index in [0.717, 1.165) is 18.4 Å². The quantitative estimate of drug-likeness (QED) is 0.241. The molecule has 0 aliphatic carbocycles. The fourth-order valence-electron chi connectivity index (χ4n) is 4.05. The van der Waals surface area contributed by atoms with E-state index in [1.54, 1.807) is 0 Å². The molecule has 4 atom stereocenters. The molecule has 1 unspecified atom stereocenters. The van der Waals surface area contributed by atoms with Crippen molar-refractivity contribution < 1.29 is 24.2 Å². The van der Waals surface area contributed by atoms with Crippen molar-refractivity contribution in [2.75, 3.05) is 6.54 Å². The van der Waals surface area contributed by atoms with Gasteiger partial charge in [0.05, 0.1) is 12.1 Å². The van der Waals surface area contributed by atoms with Gasteiger partial charge in [0.15, 0.2) is 0 Å². The topological polar surface area (TPSA) is 117 Å². The van der Waals surface area contributed by atoms with Gasteiger partial charge >= 0.3 is 6.09 Å². The first-order chi connectivity index (χ1) is 17.6. The summed E-state index contributed by atoms with van der Waals surface area (Å²) in [5.41, 5.74) is 0.857. The minimum Gasteiger partial charge on any atom is -0.445 e. The van der Waals surface area contributed by atoms with Crippen molar-refractivity contribution in [1.29, 1.82) is 0 Å². The summed E-state index contributed by atoms with van der Waals surface area (Å²) in [5, 5.41) is 19.7. The Morgan fingerprint density at radius 1 is 0.919 bits per heavy atom. The number of hydrogen-bond donors (Lipinski definition) is 4. The van der Waals surface area contributed by atoms with Crippen LogP contribution >= 0.6 is 0 Å². The largest absolute Gasteiger partial charge is 0.445 e. The molecule has 8 heteroatoms. The predicted octanol–water partition coefficient (Wildman–Crippen LogP) is 4.55. The Labute approximate surface area is 223 Å². The summed E-state index contributed by atoms with van der Waals surface area (Å²) < 4.78 is 5.32. The first kappa shape index (κ1) is 32.4. The number of hydrogen-bond acceptors (Lipinski definition) is 5. The van der Waals surface area contributed by atoms with Gasteiger partial charge in [-0.1, -0.05) is 84.7 Å². The number of rotatable bonds is 17. The zero-order valence-electron chi connectivity index (χ0n) is 23.6. The third kappa shape index (κ3) is 13.5. The van der Waals surface area contributed by atoms with E-state index in [2.05, 4.69) is 16.0 Å². The van der Waals surface area contributed by atoms with E-state index in [9.17, 15) is 19.5 Å². The number of aliphatic hydroxyl groups excluding tert-OH is 1. The molecule has 0 aliphatic heterocycles. The minimum absolute atomic E-state index is 0.0754.